The largest absolute Gasteiger partial charge is 0.489 e. The van der Waals surface area contributed by atoms with Gasteiger partial charge >= 0.3 is 0 Å². The van der Waals surface area contributed by atoms with Crippen molar-refractivity contribution in [2.24, 2.45) is 0 Å². The Labute approximate surface area is 171 Å². The Kier molecular flexibility index (Phi) is 7.53. The fourth-order valence-corrected chi connectivity index (χ4v) is 2.92. The van der Waals surface area contributed by atoms with Crippen LogP contribution in [0.2, 0.25) is 0 Å². The Hall–Kier alpha value is -2.99. The number of hydrogen-bond donors (Lipinski definition) is 2. The first-order valence-electron chi connectivity index (χ1n) is 9.84. The lowest BCUT2D eigenvalue weighted by Gasteiger charge is -2.15. The number of carbonyl (C=O) groups excluding carboxylic acids is 1. The zero-order chi connectivity index (χ0) is 20.5. The predicted octanol–water partition coefficient (Wildman–Crippen LogP) is 4.25. The monoisotopic (exact) mass is 396 g/mol. The molecule has 154 valence electrons. The van der Waals surface area contributed by atoms with Crippen molar-refractivity contribution < 1.29 is 19.0 Å². The molecule has 3 rings (SSSR count). The van der Waals surface area contributed by atoms with Crippen LogP contribution in [0.3, 0.4) is 0 Å². The van der Waals surface area contributed by atoms with E-state index >= 15 is 0 Å². The highest BCUT2D eigenvalue weighted by atomic mass is 16.5. The van der Waals surface area contributed by atoms with Crippen LogP contribution in [0.25, 0.3) is 0 Å². The normalized spacial score (nSPS) is 15.6. The summed E-state index contributed by atoms with van der Waals surface area (Å²) in [7, 11) is 0. The topological polar surface area (TPSA) is 68.8 Å². The van der Waals surface area contributed by atoms with E-state index in [1.807, 2.05) is 55.5 Å². The zero-order valence-corrected chi connectivity index (χ0v) is 16.8. The molecule has 0 radical (unpaired) electrons. The van der Waals surface area contributed by atoms with Gasteiger partial charge in [-0.05, 0) is 61.7 Å². The van der Waals surface area contributed by atoms with Crippen molar-refractivity contribution in [3.63, 3.8) is 0 Å². The molecule has 6 nitrogen and oxygen atoms in total. The second kappa shape index (κ2) is 10.5. The summed E-state index contributed by atoms with van der Waals surface area (Å²) in [6, 6.07) is 14.9. The maximum atomic E-state index is 12.3. The number of ether oxygens (including phenoxy) is 3. The molecule has 2 N–H and O–H groups in total. The minimum absolute atomic E-state index is 0.133. The van der Waals surface area contributed by atoms with Gasteiger partial charge in [-0.25, -0.2) is 0 Å². The summed E-state index contributed by atoms with van der Waals surface area (Å²) in [6.07, 6.45) is 2.25. The number of para-hydroxylation sites is 2. The number of amides is 1. The van der Waals surface area contributed by atoms with Crippen LogP contribution in [-0.2, 0) is 9.53 Å². The molecule has 0 spiro atoms. The first-order valence-corrected chi connectivity index (χ1v) is 9.84. The molecular weight excluding hydrogens is 368 g/mol. The molecule has 1 fully saturated rings. The van der Waals surface area contributed by atoms with E-state index in [4.69, 9.17) is 14.2 Å². The van der Waals surface area contributed by atoms with E-state index in [0.717, 1.165) is 42.2 Å². The van der Waals surface area contributed by atoms with E-state index < -0.39 is 0 Å². The van der Waals surface area contributed by atoms with Crippen molar-refractivity contribution in [1.29, 1.82) is 0 Å². The SMILES string of the molecule is C=C(C)COc1ccc(NC(=O)CNc2ccccc2OCC2CCCO2)cc1. The van der Waals surface area contributed by atoms with Crippen molar-refractivity contribution in [2.75, 3.05) is 37.0 Å². The molecule has 29 heavy (non-hydrogen) atoms. The molecule has 1 saturated heterocycles. The highest BCUT2D eigenvalue weighted by Gasteiger charge is 2.16. The molecule has 0 bridgehead atoms. The second-order valence-corrected chi connectivity index (χ2v) is 7.11. The van der Waals surface area contributed by atoms with Crippen molar-refractivity contribution in [3.05, 3.63) is 60.7 Å². The molecule has 1 aliphatic rings. The number of rotatable bonds is 10. The van der Waals surface area contributed by atoms with E-state index in [-0.39, 0.29) is 18.6 Å². The average molecular weight is 396 g/mol. The standard InChI is InChI=1S/C23H28N2O4/c1-17(2)15-28-19-11-9-18(10-12-19)25-23(26)14-24-21-7-3-4-8-22(21)29-16-20-6-5-13-27-20/h3-4,7-12,20,24H,1,5-6,13-16H2,2H3,(H,25,26). The van der Waals surface area contributed by atoms with E-state index in [1.54, 1.807) is 0 Å². The van der Waals surface area contributed by atoms with Gasteiger partial charge in [-0.2, -0.15) is 0 Å². The van der Waals surface area contributed by atoms with Gasteiger partial charge in [0.15, 0.2) is 0 Å². The number of benzene rings is 2. The highest BCUT2D eigenvalue weighted by molar-refractivity contribution is 5.94. The van der Waals surface area contributed by atoms with Crippen molar-refractivity contribution in [1.82, 2.24) is 0 Å². The molecule has 0 aromatic heterocycles. The van der Waals surface area contributed by atoms with Crippen LogP contribution in [0.4, 0.5) is 11.4 Å². The van der Waals surface area contributed by atoms with Gasteiger partial charge in [0.05, 0.1) is 18.3 Å². The quantitative estimate of drug-likeness (QED) is 0.588. The first kappa shape index (κ1) is 20.7. The van der Waals surface area contributed by atoms with Gasteiger partial charge in [-0.15, -0.1) is 0 Å². The molecule has 1 atom stereocenters. The summed E-state index contributed by atoms with van der Waals surface area (Å²) in [6.45, 7) is 7.64. The molecule has 0 aliphatic carbocycles. The molecule has 1 unspecified atom stereocenters. The maximum Gasteiger partial charge on any atom is 0.243 e. The highest BCUT2D eigenvalue weighted by Crippen LogP contribution is 2.25. The molecule has 1 aliphatic heterocycles. The molecule has 6 heteroatoms. The molecule has 2 aromatic carbocycles. The number of carbonyl (C=O) groups is 1. The zero-order valence-electron chi connectivity index (χ0n) is 16.8. The minimum atomic E-state index is -0.144. The Bertz CT molecular complexity index is 814. The van der Waals surface area contributed by atoms with Crippen LogP contribution in [0.5, 0.6) is 11.5 Å². The summed E-state index contributed by atoms with van der Waals surface area (Å²) >= 11 is 0. The summed E-state index contributed by atoms with van der Waals surface area (Å²) in [5.74, 6) is 1.31. The summed E-state index contributed by atoms with van der Waals surface area (Å²) in [5, 5.41) is 6.01. The Balaban J connectivity index is 1.47. The van der Waals surface area contributed by atoms with Crippen LogP contribution in [-0.4, -0.2) is 38.4 Å². The number of anilines is 2. The molecule has 1 heterocycles. The summed E-state index contributed by atoms with van der Waals surface area (Å²) in [4.78, 5) is 12.3. The fraction of sp³-hybridized carbons (Fsp3) is 0.348. The lowest BCUT2D eigenvalue weighted by Crippen LogP contribution is -2.22. The Morgan fingerprint density at radius 2 is 1.97 bits per heavy atom. The minimum Gasteiger partial charge on any atom is -0.489 e. The molecule has 2 aromatic rings. The van der Waals surface area contributed by atoms with Crippen LogP contribution in [0, 0.1) is 0 Å². The lowest BCUT2D eigenvalue weighted by molar-refractivity contribution is -0.114. The number of hydrogen-bond acceptors (Lipinski definition) is 5. The van der Waals surface area contributed by atoms with Crippen molar-refractivity contribution >= 4 is 17.3 Å². The Morgan fingerprint density at radius 1 is 1.17 bits per heavy atom. The number of nitrogens with one attached hydrogen (secondary N) is 2. The third-order valence-corrected chi connectivity index (χ3v) is 4.40. The van der Waals surface area contributed by atoms with E-state index in [9.17, 15) is 4.79 Å². The fourth-order valence-electron chi connectivity index (χ4n) is 2.92. The summed E-state index contributed by atoms with van der Waals surface area (Å²) < 4.78 is 17.0. The second-order valence-electron chi connectivity index (χ2n) is 7.11. The maximum absolute atomic E-state index is 12.3. The van der Waals surface area contributed by atoms with Crippen molar-refractivity contribution in [2.45, 2.75) is 25.9 Å². The third kappa shape index (κ3) is 6.84. The van der Waals surface area contributed by atoms with Gasteiger partial charge in [-0.3, -0.25) is 4.79 Å². The van der Waals surface area contributed by atoms with Gasteiger partial charge in [0.25, 0.3) is 0 Å². The van der Waals surface area contributed by atoms with Crippen molar-refractivity contribution in [3.8, 4) is 11.5 Å². The third-order valence-electron chi connectivity index (χ3n) is 4.40. The predicted molar refractivity (Wildman–Crippen MR) is 115 cm³/mol. The molecular formula is C23H28N2O4. The lowest BCUT2D eigenvalue weighted by atomic mass is 10.2. The first-order chi connectivity index (χ1) is 14.1. The van der Waals surface area contributed by atoms with Crippen LogP contribution in [0.1, 0.15) is 19.8 Å². The van der Waals surface area contributed by atoms with E-state index in [0.29, 0.717) is 18.9 Å². The summed E-state index contributed by atoms with van der Waals surface area (Å²) in [5.41, 5.74) is 2.44. The van der Waals surface area contributed by atoms with Gasteiger partial charge in [0.2, 0.25) is 5.91 Å². The van der Waals surface area contributed by atoms with Gasteiger partial charge in [0, 0.05) is 12.3 Å². The van der Waals surface area contributed by atoms with E-state index in [2.05, 4.69) is 17.2 Å². The van der Waals surface area contributed by atoms with Gasteiger partial charge < -0.3 is 24.8 Å². The van der Waals surface area contributed by atoms with Gasteiger partial charge in [0.1, 0.15) is 24.7 Å². The molecule has 0 saturated carbocycles. The Morgan fingerprint density at radius 3 is 2.69 bits per heavy atom. The molecule has 1 amide bonds. The van der Waals surface area contributed by atoms with Crippen LogP contribution in [0.15, 0.2) is 60.7 Å². The van der Waals surface area contributed by atoms with Crippen LogP contribution >= 0.6 is 0 Å². The van der Waals surface area contributed by atoms with E-state index in [1.165, 1.54) is 0 Å². The van der Waals surface area contributed by atoms with Crippen LogP contribution < -0.4 is 20.1 Å². The smallest absolute Gasteiger partial charge is 0.243 e. The van der Waals surface area contributed by atoms with Gasteiger partial charge in [-0.1, -0.05) is 18.7 Å². The average Bonchev–Trinajstić information content (AvgIpc) is 3.24.